The lowest BCUT2D eigenvalue weighted by atomic mass is 9.96. The number of carbonyl (C=O) groups is 1. The van der Waals surface area contributed by atoms with Gasteiger partial charge in [-0.1, -0.05) is 414 Å². The van der Waals surface area contributed by atoms with Crippen LogP contribution in [0.1, 0.15) is 412 Å². The summed E-state index contributed by atoms with van der Waals surface area (Å²) in [4.78, 5) is 13.6. The highest BCUT2D eigenvalue weighted by Crippen LogP contribution is 2.34. The van der Waals surface area contributed by atoms with E-state index in [4.69, 9.17) is 28.4 Å². The van der Waals surface area contributed by atoms with Gasteiger partial charge in [0, 0.05) is 6.42 Å². The second-order valence-electron chi connectivity index (χ2n) is 34.5. The fourth-order valence-electron chi connectivity index (χ4n) is 16.4. The topological polar surface area (TPSA) is 307 Å². The monoisotopic (exact) mass is 1660 g/mol. The average molecular weight is 1660 g/mol. The molecule has 0 aliphatic carbocycles. The first-order valence-corrected chi connectivity index (χ1v) is 48.7. The molecule has 0 radical (unpaired) electrons. The molecular weight excluding hydrogens is 1480 g/mol. The molecule has 3 aliphatic rings. The molecule has 19 nitrogen and oxygen atoms in total. The Morgan fingerprint density at radius 3 is 0.923 bits per heavy atom. The van der Waals surface area contributed by atoms with Gasteiger partial charge in [-0.25, -0.2) is 0 Å². The van der Waals surface area contributed by atoms with Gasteiger partial charge in [0.2, 0.25) is 5.91 Å². The highest BCUT2D eigenvalue weighted by Gasteiger charge is 2.54. The Hall–Kier alpha value is -2.77. The van der Waals surface area contributed by atoms with Gasteiger partial charge >= 0.3 is 0 Å². The fraction of sp³-hybridized carbons (Fsp3) is 0.867. The van der Waals surface area contributed by atoms with Crippen LogP contribution in [0.15, 0.2) is 72.9 Å². The van der Waals surface area contributed by atoms with Gasteiger partial charge in [-0.3, -0.25) is 4.79 Å². The summed E-state index contributed by atoms with van der Waals surface area (Å²) in [6.45, 7) is 1.75. The average Bonchev–Trinajstić information content (AvgIpc) is 0.777. The summed E-state index contributed by atoms with van der Waals surface area (Å²) in [5.41, 5.74) is 0. The number of aliphatic hydroxyl groups excluding tert-OH is 11. The van der Waals surface area contributed by atoms with E-state index in [-0.39, 0.29) is 18.9 Å². The largest absolute Gasteiger partial charge is 0.394 e. The van der Waals surface area contributed by atoms with Gasteiger partial charge in [0.05, 0.1) is 38.6 Å². The molecule has 3 aliphatic heterocycles. The van der Waals surface area contributed by atoms with Crippen LogP contribution in [0.2, 0.25) is 0 Å². The van der Waals surface area contributed by atoms with E-state index >= 15 is 0 Å². The van der Waals surface area contributed by atoms with E-state index in [9.17, 15) is 61.0 Å². The summed E-state index contributed by atoms with van der Waals surface area (Å²) in [7, 11) is 0. The van der Waals surface area contributed by atoms with Crippen LogP contribution in [0, 0.1) is 0 Å². The molecule has 0 saturated carbocycles. The van der Waals surface area contributed by atoms with Crippen molar-refractivity contribution in [1.29, 1.82) is 0 Å². The van der Waals surface area contributed by atoms with Crippen LogP contribution in [-0.2, 0) is 33.2 Å². The molecule has 0 aromatic rings. The van der Waals surface area contributed by atoms with Crippen LogP contribution >= 0.6 is 0 Å². The number of rotatable bonds is 80. The summed E-state index contributed by atoms with van der Waals surface area (Å²) in [5.74, 6) is -0.236. The minimum atomic E-state index is -1.97. The standard InChI is InChI=1S/C98H179NO18/c1-3-5-7-9-11-13-15-17-19-21-23-25-27-29-31-33-35-37-38-39-40-41-42-44-46-48-50-52-54-56-58-60-62-64-66-68-70-72-74-76-86(104)99-81(82(103)75-73-71-69-67-65-63-61-59-57-55-53-51-49-47-45-43-36-34-32-30-28-26-24-22-20-18-16-14-12-10-8-6-4-2)80-112-96-92(110)89(107)94(84(78-101)114-96)117-98-93(111)90(108)95(85(79-102)115-98)116-97-91(109)88(106)87(105)83(77-100)113-97/h5,7,11,13,17,19,23,25,29,31,35,37,81-85,87-98,100-103,105-111H,3-4,6,8-10,12,14-16,18,20-22,24,26-28,30,32-34,36,38-80H2,1-2H3,(H,99,104)/b7-5-,13-11-,19-17-,25-23-,31-29-,37-35-. The molecule has 3 heterocycles. The van der Waals surface area contributed by atoms with Gasteiger partial charge in [-0.05, 0) is 64.2 Å². The number of nitrogens with one attached hydrogen (secondary N) is 1. The number of allylic oxidation sites excluding steroid dienone is 12. The Bertz CT molecular complexity index is 2390. The first kappa shape index (κ1) is 108. The smallest absolute Gasteiger partial charge is 0.220 e. The highest BCUT2D eigenvalue weighted by atomic mass is 16.8. The van der Waals surface area contributed by atoms with Gasteiger partial charge in [0.25, 0.3) is 0 Å². The van der Waals surface area contributed by atoms with Crippen LogP contribution in [0.3, 0.4) is 0 Å². The molecule has 19 heteroatoms. The predicted molar refractivity (Wildman–Crippen MR) is 475 cm³/mol. The van der Waals surface area contributed by atoms with Crippen LogP contribution in [0.4, 0.5) is 0 Å². The molecule has 684 valence electrons. The lowest BCUT2D eigenvalue weighted by molar-refractivity contribution is -0.379. The molecular formula is C98H179NO18. The van der Waals surface area contributed by atoms with E-state index in [0.717, 1.165) is 83.5 Å². The van der Waals surface area contributed by atoms with E-state index in [1.54, 1.807) is 0 Å². The number of amides is 1. The molecule has 0 aromatic carbocycles. The molecule has 12 N–H and O–H groups in total. The SMILES string of the molecule is CC/C=C\C/C=C\C/C=C\C/C=C\C/C=C\C/C=C\CCCCCCCCCCCCCCCCCCCCCCC(=O)NC(COC1OC(CO)C(OC2OC(CO)C(OC3OC(CO)C(O)C(O)C3O)C(O)C2O)C(O)C1O)C(O)CCCCCCCCCCCCCCCCCCCCCCCCCCCCCCCCCCC. The Morgan fingerprint density at radius 1 is 0.316 bits per heavy atom. The third-order valence-electron chi connectivity index (χ3n) is 24.0. The van der Waals surface area contributed by atoms with E-state index in [2.05, 4.69) is 92.1 Å². The third kappa shape index (κ3) is 54.6. The highest BCUT2D eigenvalue weighted by molar-refractivity contribution is 5.76. The van der Waals surface area contributed by atoms with Crippen molar-refractivity contribution in [3.8, 4) is 0 Å². The van der Waals surface area contributed by atoms with Crippen molar-refractivity contribution in [2.45, 2.75) is 516 Å². The first-order valence-electron chi connectivity index (χ1n) is 48.7. The van der Waals surface area contributed by atoms with Crippen LogP contribution in [0.25, 0.3) is 0 Å². The number of hydrogen-bond donors (Lipinski definition) is 12. The van der Waals surface area contributed by atoms with Gasteiger partial charge < -0.3 is 89.9 Å². The van der Waals surface area contributed by atoms with Crippen molar-refractivity contribution < 1.29 is 89.4 Å². The zero-order valence-corrected chi connectivity index (χ0v) is 74.2. The molecule has 0 aromatic heterocycles. The summed E-state index contributed by atoms with van der Waals surface area (Å²) >= 11 is 0. The van der Waals surface area contributed by atoms with Crippen LogP contribution in [-0.4, -0.2) is 193 Å². The summed E-state index contributed by atoms with van der Waals surface area (Å²) in [5, 5.41) is 122. The lowest BCUT2D eigenvalue weighted by Gasteiger charge is -2.48. The molecule has 1 amide bonds. The van der Waals surface area contributed by atoms with Crippen molar-refractivity contribution in [1.82, 2.24) is 5.32 Å². The zero-order valence-electron chi connectivity index (χ0n) is 74.2. The van der Waals surface area contributed by atoms with Crippen molar-refractivity contribution in [3.63, 3.8) is 0 Å². The van der Waals surface area contributed by atoms with Gasteiger partial charge in [-0.15, -0.1) is 0 Å². The predicted octanol–water partition coefficient (Wildman–Crippen LogP) is 19.9. The first-order chi connectivity index (χ1) is 57.3. The zero-order chi connectivity index (χ0) is 84.5. The van der Waals surface area contributed by atoms with Gasteiger partial charge in [-0.2, -0.15) is 0 Å². The maximum atomic E-state index is 13.6. The summed E-state index contributed by atoms with van der Waals surface area (Å²) < 4.78 is 34.7. The number of aliphatic hydroxyl groups is 11. The second-order valence-corrected chi connectivity index (χ2v) is 34.5. The maximum absolute atomic E-state index is 13.6. The number of ether oxygens (including phenoxy) is 6. The van der Waals surface area contributed by atoms with Crippen molar-refractivity contribution in [2.75, 3.05) is 26.4 Å². The van der Waals surface area contributed by atoms with Crippen molar-refractivity contribution in [2.24, 2.45) is 0 Å². The Morgan fingerprint density at radius 2 is 0.590 bits per heavy atom. The normalized spacial score (nSPS) is 24.7. The van der Waals surface area contributed by atoms with Crippen LogP contribution in [0.5, 0.6) is 0 Å². The van der Waals surface area contributed by atoms with E-state index in [1.165, 1.54) is 295 Å². The Kier molecular flexibility index (Phi) is 71.2. The van der Waals surface area contributed by atoms with E-state index < -0.39 is 124 Å². The Balaban J connectivity index is 1.29. The lowest BCUT2D eigenvalue weighted by Crippen LogP contribution is -2.66. The summed E-state index contributed by atoms with van der Waals surface area (Å²) in [6.07, 6.45) is 77.4. The van der Waals surface area contributed by atoms with Crippen LogP contribution < -0.4 is 5.32 Å². The summed E-state index contributed by atoms with van der Waals surface area (Å²) in [6, 6.07) is -0.891. The molecule has 3 saturated heterocycles. The Labute approximate surface area is 712 Å². The number of unbranched alkanes of at least 4 members (excludes halogenated alkanes) is 52. The maximum Gasteiger partial charge on any atom is 0.220 e. The van der Waals surface area contributed by atoms with Crippen molar-refractivity contribution >= 4 is 5.91 Å². The molecule has 3 fully saturated rings. The molecule has 117 heavy (non-hydrogen) atoms. The number of hydrogen-bond acceptors (Lipinski definition) is 18. The van der Waals surface area contributed by atoms with E-state index in [0.29, 0.717) is 12.8 Å². The van der Waals surface area contributed by atoms with Crippen molar-refractivity contribution in [3.05, 3.63) is 72.9 Å². The molecule has 17 unspecified atom stereocenters. The molecule has 17 atom stereocenters. The fourth-order valence-corrected chi connectivity index (χ4v) is 16.4. The van der Waals surface area contributed by atoms with E-state index in [1.807, 2.05) is 0 Å². The molecule has 0 spiro atoms. The third-order valence-corrected chi connectivity index (χ3v) is 24.0. The second kappa shape index (κ2) is 76.8. The number of carbonyl (C=O) groups excluding carboxylic acids is 1. The molecule has 0 bridgehead atoms. The molecule has 3 rings (SSSR count). The minimum Gasteiger partial charge on any atom is -0.394 e. The van der Waals surface area contributed by atoms with Gasteiger partial charge in [0.15, 0.2) is 18.9 Å². The quantitative estimate of drug-likeness (QED) is 0.0199. The van der Waals surface area contributed by atoms with Gasteiger partial charge in [0.1, 0.15) is 73.2 Å². The minimum absolute atomic E-state index is 0.236.